The summed E-state index contributed by atoms with van der Waals surface area (Å²) in [6, 6.07) is 10.8. The van der Waals surface area contributed by atoms with Crippen LogP contribution in [0.4, 0.5) is 23.3 Å². The Labute approximate surface area is 151 Å². The number of hydrogen-bond acceptors (Lipinski definition) is 8. The topological polar surface area (TPSA) is 110 Å². The van der Waals surface area contributed by atoms with E-state index < -0.39 is 9.84 Å². The minimum absolute atomic E-state index is 0.105. The van der Waals surface area contributed by atoms with Gasteiger partial charge in [-0.2, -0.15) is 0 Å². The Morgan fingerprint density at radius 2 is 1.73 bits per heavy atom. The zero-order valence-electron chi connectivity index (χ0n) is 14.3. The van der Waals surface area contributed by atoms with Crippen LogP contribution in [-0.4, -0.2) is 34.6 Å². The fraction of sp³-hybridized carbons (Fsp3) is 0.176. The summed E-state index contributed by atoms with van der Waals surface area (Å²) in [5, 5.41) is 6.15. The highest BCUT2D eigenvalue weighted by Crippen LogP contribution is 2.21. The lowest BCUT2D eigenvalue weighted by Gasteiger charge is -2.11. The molecule has 0 fully saturated rings. The van der Waals surface area contributed by atoms with Crippen LogP contribution in [0.1, 0.15) is 11.3 Å². The van der Waals surface area contributed by atoms with Gasteiger partial charge in [0.15, 0.2) is 9.84 Å². The maximum absolute atomic E-state index is 11.6. The fourth-order valence-electron chi connectivity index (χ4n) is 2.31. The summed E-state index contributed by atoms with van der Waals surface area (Å²) in [5.74, 6) is 2.05. The Bertz CT molecular complexity index is 1020. The van der Waals surface area contributed by atoms with E-state index in [0.29, 0.717) is 28.8 Å². The molecule has 0 spiro atoms. The Morgan fingerprint density at radius 1 is 0.962 bits per heavy atom. The molecule has 0 atom stereocenters. The standard InChI is InChI=1S/C17H18N6O2S/c1-12-5-3-7-14(21-12)22-15-9-16(20-11-19-15)23-17-13(6-4-8-18-17)10-26(2,24)25/h3-9,11H,10H2,1-2H3,(H2,18,19,20,21,22,23). The molecule has 0 saturated heterocycles. The highest BCUT2D eigenvalue weighted by atomic mass is 32.2. The monoisotopic (exact) mass is 370 g/mol. The first-order valence-corrected chi connectivity index (χ1v) is 9.86. The first-order chi connectivity index (χ1) is 12.4. The Hall–Kier alpha value is -3.07. The van der Waals surface area contributed by atoms with Gasteiger partial charge in [0.2, 0.25) is 0 Å². The van der Waals surface area contributed by atoms with Crippen LogP contribution in [0.5, 0.6) is 0 Å². The number of nitrogens with zero attached hydrogens (tertiary/aromatic N) is 4. The quantitative estimate of drug-likeness (QED) is 0.681. The zero-order chi connectivity index (χ0) is 18.6. The second-order valence-electron chi connectivity index (χ2n) is 5.78. The van der Waals surface area contributed by atoms with Crippen molar-refractivity contribution < 1.29 is 8.42 Å². The molecule has 3 aromatic rings. The van der Waals surface area contributed by atoms with Gasteiger partial charge in [0.25, 0.3) is 0 Å². The Balaban J connectivity index is 1.81. The lowest BCUT2D eigenvalue weighted by atomic mass is 10.3. The number of pyridine rings is 2. The number of aryl methyl sites for hydroxylation is 1. The average Bonchev–Trinajstić information content (AvgIpc) is 2.56. The molecule has 0 unspecified atom stereocenters. The molecule has 0 saturated carbocycles. The largest absolute Gasteiger partial charge is 0.325 e. The maximum Gasteiger partial charge on any atom is 0.151 e. The number of aromatic nitrogens is 4. The van der Waals surface area contributed by atoms with E-state index in [9.17, 15) is 8.42 Å². The van der Waals surface area contributed by atoms with Gasteiger partial charge in [0.05, 0.1) is 5.75 Å². The van der Waals surface area contributed by atoms with E-state index in [4.69, 9.17) is 0 Å². The first kappa shape index (κ1) is 17.7. The van der Waals surface area contributed by atoms with Crippen LogP contribution < -0.4 is 10.6 Å². The predicted molar refractivity (Wildman–Crippen MR) is 100 cm³/mol. The molecule has 9 heteroatoms. The van der Waals surface area contributed by atoms with Gasteiger partial charge in [0, 0.05) is 29.8 Å². The molecule has 134 valence electrons. The van der Waals surface area contributed by atoms with Crippen LogP contribution in [0.3, 0.4) is 0 Å². The van der Waals surface area contributed by atoms with E-state index in [1.54, 1.807) is 24.4 Å². The molecule has 0 radical (unpaired) electrons. The van der Waals surface area contributed by atoms with Gasteiger partial charge >= 0.3 is 0 Å². The molecule has 3 rings (SSSR count). The molecule has 3 heterocycles. The molecular formula is C17H18N6O2S. The molecule has 0 amide bonds. The van der Waals surface area contributed by atoms with Crippen molar-refractivity contribution in [3.8, 4) is 0 Å². The minimum Gasteiger partial charge on any atom is -0.325 e. The number of rotatable bonds is 6. The number of hydrogen-bond donors (Lipinski definition) is 2. The number of anilines is 4. The van der Waals surface area contributed by atoms with E-state index in [1.807, 2.05) is 25.1 Å². The molecular weight excluding hydrogens is 352 g/mol. The second kappa shape index (κ2) is 7.44. The van der Waals surface area contributed by atoms with Gasteiger partial charge in [-0.15, -0.1) is 0 Å². The van der Waals surface area contributed by atoms with Crippen molar-refractivity contribution >= 4 is 33.1 Å². The molecule has 8 nitrogen and oxygen atoms in total. The predicted octanol–water partition coefficient (Wildman–Crippen LogP) is 2.61. The van der Waals surface area contributed by atoms with Crippen molar-refractivity contribution in [1.29, 1.82) is 0 Å². The maximum atomic E-state index is 11.6. The number of sulfone groups is 1. The molecule has 0 aliphatic carbocycles. The summed E-state index contributed by atoms with van der Waals surface area (Å²) < 4.78 is 23.2. The van der Waals surface area contributed by atoms with Gasteiger partial charge in [-0.3, -0.25) is 0 Å². The SMILES string of the molecule is Cc1cccc(Nc2cc(Nc3ncccc3CS(C)(=O)=O)ncn2)n1. The molecule has 26 heavy (non-hydrogen) atoms. The summed E-state index contributed by atoms with van der Waals surface area (Å²) >= 11 is 0. The van der Waals surface area contributed by atoms with Gasteiger partial charge in [-0.25, -0.2) is 28.4 Å². The van der Waals surface area contributed by atoms with E-state index in [0.717, 1.165) is 5.69 Å². The zero-order valence-corrected chi connectivity index (χ0v) is 15.2. The smallest absolute Gasteiger partial charge is 0.151 e. The third-order valence-corrected chi connectivity index (χ3v) is 4.20. The van der Waals surface area contributed by atoms with Crippen LogP contribution in [0.25, 0.3) is 0 Å². The van der Waals surface area contributed by atoms with E-state index >= 15 is 0 Å². The van der Waals surface area contributed by atoms with Crippen LogP contribution in [0.15, 0.2) is 48.9 Å². The van der Waals surface area contributed by atoms with Gasteiger partial charge in [-0.05, 0) is 25.1 Å². The van der Waals surface area contributed by atoms with E-state index in [2.05, 4.69) is 30.6 Å². The normalized spacial score (nSPS) is 11.2. The summed E-state index contributed by atoms with van der Waals surface area (Å²) in [7, 11) is -3.18. The molecule has 0 aliphatic rings. The minimum atomic E-state index is -3.18. The van der Waals surface area contributed by atoms with Crippen molar-refractivity contribution in [2.45, 2.75) is 12.7 Å². The van der Waals surface area contributed by atoms with Crippen molar-refractivity contribution in [2.75, 3.05) is 16.9 Å². The highest BCUT2D eigenvalue weighted by Gasteiger charge is 2.11. The van der Waals surface area contributed by atoms with Crippen molar-refractivity contribution in [3.05, 3.63) is 60.2 Å². The molecule has 0 aromatic carbocycles. The van der Waals surface area contributed by atoms with E-state index in [1.165, 1.54) is 12.6 Å². The van der Waals surface area contributed by atoms with Crippen LogP contribution >= 0.6 is 0 Å². The first-order valence-electron chi connectivity index (χ1n) is 7.80. The summed E-state index contributed by atoms with van der Waals surface area (Å²) in [6.07, 6.45) is 4.18. The van der Waals surface area contributed by atoms with Gasteiger partial charge in [-0.1, -0.05) is 12.1 Å². The van der Waals surface area contributed by atoms with Crippen molar-refractivity contribution in [2.24, 2.45) is 0 Å². The van der Waals surface area contributed by atoms with Gasteiger partial charge < -0.3 is 10.6 Å². The third-order valence-electron chi connectivity index (χ3n) is 3.37. The van der Waals surface area contributed by atoms with Crippen molar-refractivity contribution in [3.63, 3.8) is 0 Å². The van der Waals surface area contributed by atoms with Crippen LogP contribution in [0.2, 0.25) is 0 Å². The van der Waals surface area contributed by atoms with E-state index in [-0.39, 0.29) is 5.75 Å². The summed E-state index contributed by atoms with van der Waals surface area (Å²) in [5.41, 5.74) is 1.46. The lowest BCUT2D eigenvalue weighted by molar-refractivity contribution is 0.601. The Kier molecular flexibility index (Phi) is 5.08. The fourth-order valence-corrected chi connectivity index (χ4v) is 3.11. The Morgan fingerprint density at radius 3 is 2.46 bits per heavy atom. The lowest BCUT2D eigenvalue weighted by Crippen LogP contribution is -2.06. The van der Waals surface area contributed by atoms with Crippen LogP contribution in [-0.2, 0) is 15.6 Å². The highest BCUT2D eigenvalue weighted by molar-refractivity contribution is 7.89. The van der Waals surface area contributed by atoms with Gasteiger partial charge in [0.1, 0.15) is 29.6 Å². The van der Waals surface area contributed by atoms with Crippen LogP contribution in [0, 0.1) is 6.92 Å². The third kappa shape index (κ3) is 4.96. The molecule has 3 aromatic heterocycles. The molecule has 2 N–H and O–H groups in total. The summed E-state index contributed by atoms with van der Waals surface area (Å²) in [6.45, 7) is 1.91. The molecule has 0 aliphatic heterocycles. The summed E-state index contributed by atoms with van der Waals surface area (Å²) in [4.78, 5) is 16.9. The number of nitrogens with one attached hydrogen (secondary N) is 2. The molecule has 0 bridgehead atoms. The van der Waals surface area contributed by atoms with Crippen molar-refractivity contribution in [1.82, 2.24) is 19.9 Å². The second-order valence-corrected chi connectivity index (χ2v) is 7.92. The average molecular weight is 370 g/mol.